The quantitative estimate of drug-likeness (QED) is 0.306. The molecule has 0 spiro atoms. The molecule has 0 unspecified atom stereocenters. The molecular formula is C14H29N3O2. The van der Waals surface area contributed by atoms with Crippen LogP contribution in [0.2, 0.25) is 0 Å². The van der Waals surface area contributed by atoms with E-state index in [0.29, 0.717) is 13.0 Å². The molecule has 0 rings (SSSR count). The third kappa shape index (κ3) is 11.6. The lowest BCUT2D eigenvalue weighted by Crippen LogP contribution is -2.39. The van der Waals surface area contributed by atoms with Crippen molar-refractivity contribution in [2.75, 3.05) is 20.1 Å². The molecule has 0 atom stereocenters. The summed E-state index contributed by atoms with van der Waals surface area (Å²) in [5.41, 5.74) is 0. The van der Waals surface area contributed by atoms with E-state index in [2.05, 4.69) is 29.5 Å². The van der Waals surface area contributed by atoms with Crippen LogP contribution in [0.5, 0.6) is 0 Å². The fourth-order valence-corrected chi connectivity index (χ4v) is 1.54. The molecule has 0 saturated heterocycles. The molecule has 0 fully saturated rings. The van der Waals surface area contributed by atoms with Gasteiger partial charge in [0.25, 0.3) is 0 Å². The van der Waals surface area contributed by atoms with Crippen molar-refractivity contribution in [3.05, 3.63) is 0 Å². The Labute approximate surface area is 117 Å². The molecule has 0 amide bonds. The van der Waals surface area contributed by atoms with Crippen LogP contribution in [-0.4, -0.2) is 38.2 Å². The van der Waals surface area contributed by atoms with Crippen molar-refractivity contribution in [1.29, 1.82) is 0 Å². The predicted molar refractivity (Wildman–Crippen MR) is 79.3 cm³/mol. The van der Waals surface area contributed by atoms with Crippen LogP contribution < -0.4 is 10.6 Å². The van der Waals surface area contributed by atoms with Gasteiger partial charge in [-0.05, 0) is 32.6 Å². The van der Waals surface area contributed by atoms with Crippen molar-refractivity contribution in [1.82, 2.24) is 10.6 Å². The number of nitrogens with one attached hydrogen (secondary N) is 2. The number of rotatable bonds is 8. The standard InChI is InChI=1S/C14H29N3O2/c1-11(2)7-6-9-16-14(15-5)17-10-8-13(18)19-12(3)4/h11-12H,6-10H2,1-5H3,(H2,15,16,17). The van der Waals surface area contributed by atoms with Crippen LogP contribution in [0, 0.1) is 5.92 Å². The Balaban J connectivity index is 3.68. The molecule has 112 valence electrons. The zero-order valence-corrected chi connectivity index (χ0v) is 13.0. The minimum atomic E-state index is -0.183. The maximum atomic E-state index is 11.3. The average molecular weight is 271 g/mol. The summed E-state index contributed by atoms with van der Waals surface area (Å²) in [6.07, 6.45) is 2.62. The molecule has 0 bridgehead atoms. The van der Waals surface area contributed by atoms with Gasteiger partial charge in [0.2, 0.25) is 0 Å². The summed E-state index contributed by atoms with van der Waals surface area (Å²) in [6, 6.07) is 0. The molecule has 0 radical (unpaired) electrons. The molecule has 0 saturated carbocycles. The monoisotopic (exact) mass is 271 g/mol. The lowest BCUT2D eigenvalue weighted by atomic mass is 10.1. The van der Waals surface area contributed by atoms with Gasteiger partial charge in [-0.25, -0.2) is 0 Å². The van der Waals surface area contributed by atoms with E-state index in [9.17, 15) is 4.79 Å². The van der Waals surface area contributed by atoms with Crippen molar-refractivity contribution in [2.45, 2.75) is 53.1 Å². The van der Waals surface area contributed by atoms with Crippen molar-refractivity contribution in [3.8, 4) is 0 Å². The number of aliphatic imine (C=N–C) groups is 1. The highest BCUT2D eigenvalue weighted by molar-refractivity contribution is 5.80. The SMILES string of the molecule is CN=C(NCCCC(C)C)NCCC(=O)OC(C)C. The second-order valence-corrected chi connectivity index (χ2v) is 5.25. The molecule has 0 aliphatic rings. The number of nitrogens with zero attached hydrogens (tertiary/aromatic N) is 1. The van der Waals surface area contributed by atoms with Crippen LogP contribution in [0.1, 0.15) is 47.0 Å². The molecule has 0 aromatic heterocycles. The first-order valence-electron chi connectivity index (χ1n) is 7.09. The van der Waals surface area contributed by atoms with Gasteiger partial charge >= 0.3 is 5.97 Å². The van der Waals surface area contributed by atoms with Gasteiger partial charge < -0.3 is 15.4 Å². The highest BCUT2D eigenvalue weighted by Crippen LogP contribution is 2.01. The van der Waals surface area contributed by atoms with Crippen molar-refractivity contribution in [2.24, 2.45) is 10.9 Å². The predicted octanol–water partition coefficient (Wildman–Crippen LogP) is 1.93. The van der Waals surface area contributed by atoms with Crippen LogP contribution in [0.3, 0.4) is 0 Å². The second-order valence-electron chi connectivity index (χ2n) is 5.25. The van der Waals surface area contributed by atoms with Gasteiger partial charge in [-0.2, -0.15) is 0 Å². The molecule has 5 heteroatoms. The Hall–Kier alpha value is -1.26. The first-order chi connectivity index (χ1) is 8.95. The van der Waals surface area contributed by atoms with Gasteiger partial charge in [-0.3, -0.25) is 9.79 Å². The Morgan fingerprint density at radius 1 is 1.16 bits per heavy atom. The fraction of sp³-hybridized carbons (Fsp3) is 0.857. The summed E-state index contributed by atoms with van der Waals surface area (Å²) in [5, 5.41) is 6.33. The zero-order chi connectivity index (χ0) is 14.7. The van der Waals surface area contributed by atoms with Crippen LogP contribution >= 0.6 is 0 Å². The summed E-state index contributed by atoms with van der Waals surface area (Å²) < 4.78 is 5.05. The van der Waals surface area contributed by atoms with Crippen molar-refractivity contribution < 1.29 is 9.53 Å². The largest absolute Gasteiger partial charge is 0.463 e. The van der Waals surface area contributed by atoms with Crippen molar-refractivity contribution >= 4 is 11.9 Å². The van der Waals surface area contributed by atoms with Crippen LogP contribution in [0.15, 0.2) is 4.99 Å². The second kappa shape index (κ2) is 10.6. The Morgan fingerprint density at radius 2 is 1.79 bits per heavy atom. The first kappa shape index (κ1) is 17.7. The lowest BCUT2D eigenvalue weighted by Gasteiger charge is -2.12. The van der Waals surface area contributed by atoms with Crippen LogP contribution in [0.25, 0.3) is 0 Å². The molecule has 0 aromatic rings. The third-order valence-electron chi connectivity index (χ3n) is 2.46. The Morgan fingerprint density at radius 3 is 2.32 bits per heavy atom. The number of ether oxygens (including phenoxy) is 1. The maximum absolute atomic E-state index is 11.3. The summed E-state index contributed by atoms with van der Waals surface area (Å²) in [7, 11) is 1.73. The lowest BCUT2D eigenvalue weighted by molar-refractivity contribution is -0.147. The first-order valence-corrected chi connectivity index (χ1v) is 7.09. The number of carbonyl (C=O) groups excluding carboxylic acids is 1. The average Bonchev–Trinajstić information content (AvgIpc) is 2.30. The third-order valence-corrected chi connectivity index (χ3v) is 2.46. The molecule has 19 heavy (non-hydrogen) atoms. The molecule has 0 heterocycles. The summed E-state index contributed by atoms with van der Waals surface area (Å²) >= 11 is 0. The Bertz CT molecular complexity index is 276. The minimum absolute atomic E-state index is 0.0547. The molecule has 0 aliphatic heterocycles. The van der Waals surface area contributed by atoms with E-state index in [-0.39, 0.29) is 12.1 Å². The zero-order valence-electron chi connectivity index (χ0n) is 13.0. The minimum Gasteiger partial charge on any atom is -0.463 e. The Kier molecular flexibility index (Phi) is 9.94. The highest BCUT2D eigenvalue weighted by atomic mass is 16.5. The number of guanidine groups is 1. The number of carbonyl (C=O) groups is 1. The molecule has 0 aliphatic carbocycles. The van der Waals surface area contributed by atoms with E-state index in [1.54, 1.807) is 7.05 Å². The maximum Gasteiger partial charge on any atom is 0.307 e. The van der Waals surface area contributed by atoms with E-state index < -0.39 is 0 Å². The summed E-state index contributed by atoms with van der Waals surface area (Å²) in [6.45, 7) is 9.56. The number of hydrogen-bond donors (Lipinski definition) is 2. The normalized spacial score (nSPS) is 11.8. The number of esters is 1. The fourth-order valence-electron chi connectivity index (χ4n) is 1.54. The smallest absolute Gasteiger partial charge is 0.307 e. The van der Waals surface area contributed by atoms with Gasteiger partial charge in [0.15, 0.2) is 5.96 Å². The summed E-state index contributed by atoms with van der Waals surface area (Å²) in [5.74, 6) is 1.28. The van der Waals surface area contributed by atoms with E-state index in [1.807, 2.05) is 13.8 Å². The summed E-state index contributed by atoms with van der Waals surface area (Å²) in [4.78, 5) is 15.4. The van der Waals surface area contributed by atoms with Crippen LogP contribution in [0.4, 0.5) is 0 Å². The van der Waals surface area contributed by atoms with Gasteiger partial charge in [-0.1, -0.05) is 13.8 Å². The molecule has 2 N–H and O–H groups in total. The van der Waals surface area contributed by atoms with E-state index >= 15 is 0 Å². The molecular weight excluding hydrogens is 242 g/mol. The van der Waals surface area contributed by atoms with E-state index in [0.717, 1.165) is 24.8 Å². The number of hydrogen-bond acceptors (Lipinski definition) is 3. The van der Waals surface area contributed by atoms with Crippen LogP contribution in [-0.2, 0) is 9.53 Å². The van der Waals surface area contributed by atoms with Gasteiger partial charge in [0.1, 0.15) is 0 Å². The van der Waals surface area contributed by atoms with Gasteiger partial charge in [0, 0.05) is 20.1 Å². The van der Waals surface area contributed by atoms with E-state index in [4.69, 9.17) is 4.74 Å². The van der Waals surface area contributed by atoms with Gasteiger partial charge in [-0.15, -0.1) is 0 Å². The van der Waals surface area contributed by atoms with E-state index in [1.165, 1.54) is 6.42 Å². The highest BCUT2D eigenvalue weighted by Gasteiger charge is 2.05. The molecule has 0 aromatic carbocycles. The van der Waals surface area contributed by atoms with Crippen molar-refractivity contribution in [3.63, 3.8) is 0 Å². The molecule has 5 nitrogen and oxygen atoms in total. The van der Waals surface area contributed by atoms with Gasteiger partial charge in [0.05, 0.1) is 12.5 Å². The topological polar surface area (TPSA) is 62.7 Å².